The SMILES string of the molecule is Cc1ccc(NCCCCc2ccc(N)cc2)cc1. The molecule has 2 aromatic carbocycles. The third-order valence-corrected chi connectivity index (χ3v) is 3.25. The summed E-state index contributed by atoms with van der Waals surface area (Å²) in [6.07, 6.45) is 3.50. The Hall–Kier alpha value is -1.96. The van der Waals surface area contributed by atoms with Crippen LogP contribution in [0, 0.1) is 6.92 Å². The number of hydrogen-bond acceptors (Lipinski definition) is 2. The minimum Gasteiger partial charge on any atom is -0.399 e. The average molecular weight is 254 g/mol. The van der Waals surface area contributed by atoms with Crippen LogP contribution in [-0.2, 0) is 6.42 Å². The van der Waals surface area contributed by atoms with Crippen LogP contribution in [-0.4, -0.2) is 6.54 Å². The molecular formula is C17H22N2. The molecule has 2 aromatic rings. The number of nitrogens with two attached hydrogens (primary N) is 1. The maximum absolute atomic E-state index is 5.67. The minimum absolute atomic E-state index is 0.838. The van der Waals surface area contributed by atoms with E-state index in [1.807, 2.05) is 12.1 Å². The van der Waals surface area contributed by atoms with E-state index in [9.17, 15) is 0 Å². The maximum Gasteiger partial charge on any atom is 0.0340 e. The molecule has 0 unspecified atom stereocenters. The van der Waals surface area contributed by atoms with Crippen LogP contribution in [0.15, 0.2) is 48.5 Å². The van der Waals surface area contributed by atoms with Gasteiger partial charge in [-0.25, -0.2) is 0 Å². The van der Waals surface area contributed by atoms with E-state index in [2.05, 4.69) is 48.6 Å². The van der Waals surface area contributed by atoms with Crippen molar-refractivity contribution in [3.8, 4) is 0 Å². The van der Waals surface area contributed by atoms with Crippen LogP contribution >= 0.6 is 0 Å². The number of nitrogens with one attached hydrogen (secondary N) is 1. The molecule has 0 spiro atoms. The van der Waals surface area contributed by atoms with E-state index in [1.54, 1.807) is 0 Å². The van der Waals surface area contributed by atoms with Gasteiger partial charge in [-0.3, -0.25) is 0 Å². The number of aryl methyl sites for hydroxylation is 2. The fraction of sp³-hybridized carbons (Fsp3) is 0.294. The first-order chi connectivity index (χ1) is 9.24. The predicted molar refractivity (Wildman–Crippen MR) is 83.5 cm³/mol. The van der Waals surface area contributed by atoms with E-state index < -0.39 is 0 Å². The summed E-state index contributed by atoms with van der Waals surface area (Å²) in [4.78, 5) is 0. The Labute approximate surface area is 115 Å². The zero-order valence-corrected chi connectivity index (χ0v) is 11.5. The topological polar surface area (TPSA) is 38.0 Å². The van der Waals surface area contributed by atoms with Crippen LogP contribution in [0.4, 0.5) is 11.4 Å². The second-order valence-corrected chi connectivity index (χ2v) is 4.99. The highest BCUT2D eigenvalue weighted by Gasteiger charge is 1.95. The van der Waals surface area contributed by atoms with Crippen LogP contribution in [0.3, 0.4) is 0 Å². The van der Waals surface area contributed by atoms with Crippen molar-refractivity contribution in [2.24, 2.45) is 0 Å². The summed E-state index contributed by atoms with van der Waals surface area (Å²) in [5, 5.41) is 3.45. The van der Waals surface area contributed by atoms with Gasteiger partial charge < -0.3 is 11.1 Å². The normalized spacial score (nSPS) is 10.4. The Balaban J connectivity index is 1.64. The van der Waals surface area contributed by atoms with Crippen LogP contribution in [0.5, 0.6) is 0 Å². The Kier molecular flexibility index (Phi) is 4.85. The summed E-state index contributed by atoms with van der Waals surface area (Å²) in [6.45, 7) is 3.13. The van der Waals surface area contributed by atoms with Crippen LogP contribution in [0.2, 0.25) is 0 Å². The molecule has 0 saturated carbocycles. The fourth-order valence-electron chi connectivity index (χ4n) is 2.04. The quantitative estimate of drug-likeness (QED) is 0.603. The van der Waals surface area contributed by atoms with Gasteiger partial charge in [0.2, 0.25) is 0 Å². The zero-order chi connectivity index (χ0) is 13.5. The summed E-state index contributed by atoms with van der Waals surface area (Å²) in [5.74, 6) is 0. The second-order valence-electron chi connectivity index (χ2n) is 4.99. The summed E-state index contributed by atoms with van der Waals surface area (Å²) < 4.78 is 0. The number of hydrogen-bond donors (Lipinski definition) is 2. The summed E-state index contributed by atoms with van der Waals surface area (Å²) in [5.41, 5.74) is 10.4. The molecule has 0 atom stereocenters. The van der Waals surface area contributed by atoms with Gasteiger partial charge in [-0.15, -0.1) is 0 Å². The highest BCUT2D eigenvalue weighted by atomic mass is 14.9. The molecule has 100 valence electrons. The van der Waals surface area contributed by atoms with Crippen molar-refractivity contribution < 1.29 is 0 Å². The third-order valence-electron chi connectivity index (χ3n) is 3.25. The molecule has 3 N–H and O–H groups in total. The lowest BCUT2D eigenvalue weighted by Gasteiger charge is -2.07. The summed E-state index contributed by atoms with van der Waals surface area (Å²) in [6, 6.07) is 16.7. The molecule has 0 fully saturated rings. The van der Waals surface area contributed by atoms with Crippen LogP contribution < -0.4 is 11.1 Å². The van der Waals surface area contributed by atoms with Crippen LogP contribution in [0.1, 0.15) is 24.0 Å². The molecule has 0 aliphatic rings. The fourth-order valence-corrected chi connectivity index (χ4v) is 2.04. The molecule has 0 aromatic heterocycles. The van der Waals surface area contributed by atoms with Crippen molar-refractivity contribution in [3.63, 3.8) is 0 Å². The first kappa shape index (κ1) is 13.5. The van der Waals surface area contributed by atoms with E-state index in [-0.39, 0.29) is 0 Å². The molecule has 19 heavy (non-hydrogen) atoms. The zero-order valence-electron chi connectivity index (χ0n) is 11.5. The number of nitrogen functional groups attached to an aromatic ring is 1. The van der Waals surface area contributed by atoms with Crippen molar-refractivity contribution >= 4 is 11.4 Å². The second kappa shape index (κ2) is 6.83. The molecule has 0 amide bonds. The van der Waals surface area contributed by atoms with Crippen molar-refractivity contribution in [2.45, 2.75) is 26.2 Å². The first-order valence-electron chi connectivity index (χ1n) is 6.89. The molecule has 0 aliphatic carbocycles. The van der Waals surface area contributed by atoms with E-state index in [0.29, 0.717) is 0 Å². The maximum atomic E-state index is 5.67. The number of benzene rings is 2. The molecule has 0 saturated heterocycles. The lowest BCUT2D eigenvalue weighted by atomic mass is 10.1. The van der Waals surface area contributed by atoms with E-state index in [0.717, 1.165) is 18.7 Å². The molecule has 2 nitrogen and oxygen atoms in total. The largest absolute Gasteiger partial charge is 0.399 e. The van der Waals surface area contributed by atoms with Crippen LogP contribution in [0.25, 0.3) is 0 Å². The van der Waals surface area contributed by atoms with Crippen molar-refractivity contribution in [3.05, 3.63) is 59.7 Å². The van der Waals surface area contributed by atoms with Gasteiger partial charge in [0.05, 0.1) is 0 Å². The molecule has 0 heterocycles. The number of anilines is 2. The third kappa shape index (κ3) is 4.66. The monoisotopic (exact) mass is 254 g/mol. The van der Waals surface area contributed by atoms with Gasteiger partial charge in [-0.1, -0.05) is 29.8 Å². The smallest absolute Gasteiger partial charge is 0.0340 e. The minimum atomic E-state index is 0.838. The Bertz CT molecular complexity index is 438. The lowest BCUT2D eigenvalue weighted by Crippen LogP contribution is -2.01. The van der Waals surface area contributed by atoms with Gasteiger partial charge in [-0.2, -0.15) is 0 Å². The molecule has 0 bridgehead atoms. The van der Waals surface area contributed by atoms with Gasteiger partial charge in [0, 0.05) is 17.9 Å². The molecule has 2 heteroatoms. The highest BCUT2D eigenvalue weighted by molar-refractivity contribution is 5.44. The highest BCUT2D eigenvalue weighted by Crippen LogP contribution is 2.11. The molecule has 0 aliphatic heterocycles. The van der Waals surface area contributed by atoms with Gasteiger partial charge in [0.1, 0.15) is 0 Å². The van der Waals surface area contributed by atoms with E-state index in [4.69, 9.17) is 5.73 Å². The van der Waals surface area contributed by atoms with Gasteiger partial charge in [-0.05, 0) is 56.0 Å². The van der Waals surface area contributed by atoms with Gasteiger partial charge >= 0.3 is 0 Å². The van der Waals surface area contributed by atoms with Gasteiger partial charge in [0.25, 0.3) is 0 Å². The van der Waals surface area contributed by atoms with E-state index >= 15 is 0 Å². The molecular weight excluding hydrogens is 232 g/mol. The van der Waals surface area contributed by atoms with E-state index in [1.165, 1.54) is 29.7 Å². The standard InChI is InChI=1S/C17H22N2/c1-14-5-11-17(12-6-14)19-13-3-2-4-15-7-9-16(18)10-8-15/h5-12,19H,2-4,13,18H2,1H3. The summed E-state index contributed by atoms with van der Waals surface area (Å²) in [7, 11) is 0. The average Bonchev–Trinajstić information content (AvgIpc) is 2.43. The van der Waals surface area contributed by atoms with Gasteiger partial charge in [0.15, 0.2) is 0 Å². The lowest BCUT2D eigenvalue weighted by molar-refractivity contribution is 0.763. The molecule has 2 rings (SSSR count). The predicted octanol–water partition coefficient (Wildman–Crippen LogP) is 4.01. The Morgan fingerprint density at radius 1 is 0.895 bits per heavy atom. The van der Waals surface area contributed by atoms with Crippen molar-refractivity contribution in [2.75, 3.05) is 17.6 Å². The number of rotatable bonds is 6. The summed E-state index contributed by atoms with van der Waals surface area (Å²) >= 11 is 0. The van der Waals surface area contributed by atoms with Crippen molar-refractivity contribution in [1.29, 1.82) is 0 Å². The van der Waals surface area contributed by atoms with Crippen molar-refractivity contribution in [1.82, 2.24) is 0 Å². The Morgan fingerprint density at radius 2 is 1.58 bits per heavy atom. The Morgan fingerprint density at radius 3 is 2.26 bits per heavy atom. The number of unbranched alkanes of at least 4 members (excludes halogenated alkanes) is 1. The first-order valence-corrected chi connectivity index (χ1v) is 6.89. The molecule has 0 radical (unpaired) electrons.